The zero-order chi connectivity index (χ0) is 13.9. The molecule has 3 rings (SSSR count). The molecule has 96 valence electrons. The molecule has 3 aromatic rings. The van der Waals surface area contributed by atoms with E-state index < -0.39 is 0 Å². The molecule has 4 nitrogen and oxygen atoms in total. The monoisotopic (exact) mass is 261 g/mol. The van der Waals surface area contributed by atoms with Gasteiger partial charge in [-0.05, 0) is 35.0 Å². The van der Waals surface area contributed by atoms with Gasteiger partial charge in [0.15, 0.2) is 0 Å². The molecule has 0 radical (unpaired) electrons. The van der Waals surface area contributed by atoms with Crippen LogP contribution < -0.4 is 5.32 Å². The van der Waals surface area contributed by atoms with Crippen LogP contribution in [0, 0.1) is 11.3 Å². The molecule has 0 spiro atoms. The zero-order valence-corrected chi connectivity index (χ0v) is 10.6. The lowest BCUT2D eigenvalue weighted by Gasteiger charge is -2.05. The van der Waals surface area contributed by atoms with E-state index in [1.54, 1.807) is 36.7 Å². The Kier molecular flexibility index (Phi) is 2.94. The minimum absolute atomic E-state index is 0.231. The molecule has 2 aromatic carbocycles. The average molecular weight is 261 g/mol. The van der Waals surface area contributed by atoms with Crippen molar-refractivity contribution in [3.05, 3.63) is 66.5 Å². The van der Waals surface area contributed by atoms with Crippen LogP contribution in [0.4, 0.5) is 10.5 Å². The van der Waals surface area contributed by atoms with Gasteiger partial charge in [-0.1, -0.05) is 24.3 Å². The maximum absolute atomic E-state index is 12.1. The van der Waals surface area contributed by atoms with Gasteiger partial charge in [0.2, 0.25) is 0 Å². The largest absolute Gasteiger partial charge is 0.329 e. The highest BCUT2D eigenvalue weighted by Crippen LogP contribution is 2.15. The fourth-order valence-corrected chi connectivity index (χ4v) is 2.02. The van der Waals surface area contributed by atoms with E-state index in [1.165, 1.54) is 4.57 Å². The highest BCUT2D eigenvalue weighted by atomic mass is 16.2. The van der Waals surface area contributed by atoms with Gasteiger partial charge in [0.25, 0.3) is 0 Å². The third-order valence-corrected chi connectivity index (χ3v) is 3.05. The second-order valence-electron chi connectivity index (χ2n) is 4.41. The second-order valence-corrected chi connectivity index (χ2v) is 4.41. The Bertz CT molecular complexity index is 777. The Morgan fingerprint density at radius 3 is 2.15 bits per heavy atom. The number of nitrogens with one attached hydrogen (secondary N) is 1. The van der Waals surface area contributed by atoms with Crippen molar-refractivity contribution in [2.45, 2.75) is 0 Å². The van der Waals surface area contributed by atoms with Crippen molar-refractivity contribution in [2.75, 3.05) is 5.32 Å². The molecule has 4 heteroatoms. The molecule has 20 heavy (non-hydrogen) atoms. The number of nitriles is 1. The van der Waals surface area contributed by atoms with Crippen LogP contribution in [0.15, 0.2) is 60.9 Å². The smallest absolute Gasteiger partial charge is 0.307 e. The van der Waals surface area contributed by atoms with Gasteiger partial charge in [-0.25, -0.2) is 4.79 Å². The van der Waals surface area contributed by atoms with Crippen molar-refractivity contribution in [2.24, 2.45) is 0 Å². The SMILES string of the molecule is N#Cc1ccc(NC(=O)n2cc3ccccc3c2)cc1. The lowest BCUT2D eigenvalue weighted by molar-refractivity contribution is 0.253. The zero-order valence-electron chi connectivity index (χ0n) is 10.6. The number of hydrogen-bond donors (Lipinski definition) is 1. The predicted octanol–water partition coefficient (Wildman–Crippen LogP) is 3.59. The molecule has 0 aliphatic carbocycles. The average Bonchev–Trinajstić information content (AvgIpc) is 2.92. The lowest BCUT2D eigenvalue weighted by atomic mass is 10.2. The van der Waals surface area contributed by atoms with E-state index in [0.29, 0.717) is 11.3 Å². The molecule has 0 fully saturated rings. The number of rotatable bonds is 1. The summed E-state index contributed by atoms with van der Waals surface area (Å²) >= 11 is 0. The summed E-state index contributed by atoms with van der Waals surface area (Å²) in [4.78, 5) is 12.1. The van der Waals surface area contributed by atoms with Gasteiger partial charge in [-0.3, -0.25) is 4.57 Å². The van der Waals surface area contributed by atoms with Gasteiger partial charge in [0.05, 0.1) is 11.6 Å². The van der Waals surface area contributed by atoms with Crippen molar-refractivity contribution in [3.63, 3.8) is 0 Å². The highest BCUT2D eigenvalue weighted by Gasteiger charge is 2.06. The third kappa shape index (κ3) is 2.25. The molecule has 0 saturated carbocycles. The summed E-state index contributed by atoms with van der Waals surface area (Å²) in [5.74, 6) is 0. The quantitative estimate of drug-likeness (QED) is 0.727. The molecular formula is C16H11N3O. The maximum Gasteiger partial charge on any atom is 0.329 e. The van der Waals surface area contributed by atoms with Crippen molar-refractivity contribution in [3.8, 4) is 6.07 Å². The summed E-state index contributed by atoms with van der Waals surface area (Å²) in [5.41, 5.74) is 1.22. The Balaban J connectivity index is 1.83. The van der Waals surface area contributed by atoms with Crippen LogP contribution in [0.1, 0.15) is 5.56 Å². The number of carbonyl (C=O) groups is 1. The van der Waals surface area contributed by atoms with Gasteiger partial charge in [-0.2, -0.15) is 5.26 Å². The van der Waals surface area contributed by atoms with E-state index in [2.05, 4.69) is 5.32 Å². The van der Waals surface area contributed by atoms with Crippen LogP contribution in [0.5, 0.6) is 0 Å². The number of nitrogens with zero attached hydrogens (tertiary/aromatic N) is 2. The van der Waals surface area contributed by atoms with Crippen LogP contribution in [-0.2, 0) is 0 Å². The van der Waals surface area contributed by atoms with Crippen LogP contribution in [0.2, 0.25) is 0 Å². The van der Waals surface area contributed by atoms with Crippen molar-refractivity contribution < 1.29 is 4.79 Å². The topological polar surface area (TPSA) is 57.8 Å². The van der Waals surface area contributed by atoms with Gasteiger partial charge >= 0.3 is 6.03 Å². The summed E-state index contributed by atoms with van der Waals surface area (Å²) in [7, 11) is 0. The Labute approximate surface area is 115 Å². The van der Waals surface area contributed by atoms with Crippen LogP contribution in [-0.4, -0.2) is 10.6 Å². The Morgan fingerprint density at radius 1 is 1.00 bits per heavy atom. The van der Waals surface area contributed by atoms with E-state index >= 15 is 0 Å². The van der Waals surface area contributed by atoms with Gasteiger partial charge in [0.1, 0.15) is 0 Å². The fraction of sp³-hybridized carbons (Fsp3) is 0. The van der Waals surface area contributed by atoms with Crippen LogP contribution in [0.3, 0.4) is 0 Å². The number of fused-ring (bicyclic) bond motifs is 1. The fourth-order valence-electron chi connectivity index (χ4n) is 2.02. The van der Waals surface area contributed by atoms with Gasteiger partial charge < -0.3 is 5.32 Å². The molecule has 1 N–H and O–H groups in total. The van der Waals surface area contributed by atoms with E-state index in [9.17, 15) is 4.79 Å². The van der Waals surface area contributed by atoms with E-state index in [1.807, 2.05) is 30.3 Å². The first kappa shape index (κ1) is 12.0. The molecular weight excluding hydrogens is 250 g/mol. The molecule has 1 aromatic heterocycles. The van der Waals surface area contributed by atoms with Crippen molar-refractivity contribution in [1.82, 2.24) is 4.57 Å². The molecule has 0 aliphatic rings. The summed E-state index contributed by atoms with van der Waals surface area (Å²) in [6, 6.07) is 16.4. The molecule has 0 atom stereocenters. The number of amides is 1. The van der Waals surface area contributed by atoms with Crippen LogP contribution in [0.25, 0.3) is 10.8 Å². The first-order valence-corrected chi connectivity index (χ1v) is 6.14. The normalized spacial score (nSPS) is 10.2. The molecule has 0 aliphatic heterocycles. The number of hydrogen-bond acceptors (Lipinski definition) is 2. The third-order valence-electron chi connectivity index (χ3n) is 3.05. The summed E-state index contributed by atoms with van der Waals surface area (Å²) in [5, 5.41) is 13.5. The number of carbonyl (C=O) groups excluding carboxylic acids is 1. The van der Waals surface area contributed by atoms with Crippen molar-refractivity contribution >= 4 is 22.5 Å². The first-order chi connectivity index (χ1) is 9.76. The minimum Gasteiger partial charge on any atom is -0.307 e. The first-order valence-electron chi connectivity index (χ1n) is 6.14. The van der Waals surface area contributed by atoms with Gasteiger partial charge in [-0.15, -0.1) is 0 Å². The Hall–Kier alpha value is -3.06. The molecule has 1 heterocycles. The lowest BCUT2D eigenvalue weighted by Crippen LogP contribution is -2.17. The summed E-state index contributed by atoms with van der Waals surface area (Å²) in [6.07, 6.45) is 3.57. The second kappa shape index (κ2) is 4.90. The summed E-state index contributed by atoms with van der Waals surface area (Å²) in [6.45, 7) is 0. The number of anilines is 1. The van der Waals surface area contributed by atoms with Crippen molar-refractivity contribution in [1.29, 1.82) is 5.26 Å². The van der Waals surface area contributed by atoms with E-state index in [4.69, 9.17) is 5.26 Å². The molecule has 0 saturated heterocycles. The Morgan fingerprint density at radius 2 is 1.60 bits per heavy atom. The molecule has 0 bridgehead atoms. The number of benzene rings is 2. The van der Waals surface area contributed by atoms with Crippen LogP contribution >= 0.6 is 0 Å². The molecule has 0 unspecified atom stereocenters. The van der Waals surface area contributed by atoms with E-state index in [-0.39, 0.29) is 6.03 Å². The highest BCUT2D eigenvalue weighted by molar-refractivity contribution is 5.95. The summed E-state index contributed by atoms with van der Waals surface area (Å²) < 4.78 is 1.52. The van der Waals surface area contributed by atoms with Gasteiger partial charge in [0, 0.05) is 18.1 Å². The maximum atomic E-state index is 12.1. The number of aromatic nitrogens is 1. The standard InChI is InChI=1S/C16H11N3O/c17-9-12-5-7-15(8-6-12)18-16(20)19-10-13-3-1-2-4-14(13)11-19/h1-8,10-11H,(H,18,20). The predicted molar refractivity (Wildman–Crippen MR) is 77.5 cm³/mol. The molecule has 1 amide bonds. The van der Waals surface area contributed by atoms with E-state index in [0.717, 1.165) is 10.8 Å². The minimum atomic E-state index is -0.231.